The third kappa shape index (κ3) is 2.95. The first kappa shape index (κ1) is 15.6. The monoisotopic (exact) mass is 331 g/mol. The topological polar surface area (TPSA) is 45.2 Å². The van der Waals surface area contributed by atoms with Crippen LogP contribution in [0.1, 0.15) is 24.0 Å². The second kappa shape index (κ2) is 6.55. The van der Waals surface area contributed by atoms with Gasteiger partial charge in [-0.05, 0) is 29.7 Å². The number of pyridine rings is 1. The summed E-state index contributed by atoms with van der Waals surface area (Å²) in [5.41, 5.74) is 4.45. The minimum Gasteiger partial charge on any atom is -0.337 e. The number of hydrogen-bond donors (Lipinski definition) is 1. The first-order chi connectivity index (χ1) is 12.2. The molecule has 25 heavy (non-hydrogen) atoms. The van der Waals surface area contributed by atoms with E-state index in [2.05, 4.69) is 41.5 Å². The van der Waals surface area contributed by atoms with E-state index in [0.29, 0.717) is 12.5 Å². The van der Waals surface area contributed by atoms with Crippen LogP contribution in [0, 0.1) is 0 Å². The second-order valence-electron chi connectivity index (χ2n) is 6.54. The van der Waals surface area contributed by atoms with E-state index in [9.17, 15) is 4.79 Å². The molecular weight excluding hydrogens is 310 g/mol. The summed E-state index contributed by atoms with van der Waals surface area (Å²) in [5.74, 6) is 0.379. The van der Waals surface area contributed by atoms with Crippen molar-refractivity contribution in [2.24, 2.45) is 0 Å². The molecule has 1 aliphatic rings. The molecule has 1 atom stereocenters. The van der Waals surface area contributed by atoms with Crippen LogP contribution < -0.4 is 10.2 Å². The number of anilines is 1. The van der Waals surface area contributed by atoms with Crippen LogP contribution in [0.3, 0.4) is 0 Å². The van der Waals surface area contributed by atoms with Gasteiger partial charge in [-0.2, -0.15) is 0 Å². The van der Waals surface area contributed by atoms with Gasteiger partial charge >= 0.3 is 6.03 Å². The molecule has 0 aliphatic carbocycles. The maximum absolute atomic E-state index is 12.6. The van der Waals surface area contributed by atoms with Crippen molar-refractivity contribution in [2.75, 3.05) is 18.0 Å². The molecule has 3 aromatic rings. The molecule has 4 nitrogen and oxygen atoms in total. The zero-order valence-electron chi connectivity index (χ0n) is 14.3. The maximum atomic E-state index is 12.6. The normalized spacial score (nSPS) is 16.0. The first-order valence-corrected chi connectivity index (χ1v) is 8.71. The maximum Gasteiger partial charge on any atom is 0.321 e. The van der Waals surface area contributed by atoms with Crippen molar-refractivity contribution in [3.05, 3.63) is 71.9 Å². The molecule has 2 aromatic carbocycles. The Morgan fingerprint density at radius 2 is 2.00 bits per heavy atom. The van der Waals surface area contributed by atoms with Crippen molar-refractivity contribution < 1.29 is 4.79 Å². The van der Waals surface area contributed by atoms with Gasteiger partial charge in [0.25, 0.3) is 0 Å². The fourth-order valence-corrected chi connectivity index (χ4v) is 3.58. The number of urea groups is 1. The zero-order valence-corrected chi connectivity index (χ0v) is 14.3. The van der Waals surface area contributed by atoms with E-state index < -0.39 is 0 Å². The molecule has 1 unspecified atom stereocenters. The quantitative estimate of drug-likeness (QED) is 0.785. The Balaban J connectivity index is 1.43. The Bertz CT molecular complexity index is 916. The van der Waals surface area contributed by atoms with Gasteiger partial charge in [-0.1, -0.05) is 49.4 Å². The summed E-state index contributed by atoms with van der Waals surface area (Å²) in [5, 5.41) is 4.19. The summed E-state index contributed by atoms with van der Waals surface area (Å²) in [4.78, 5) is 18.9. The number of carbonyl (C=O) groups is 1. The Labute approximate surface area is 147 Å². The Morgan fingerprint density at radius 3 is 2.92 bits per heavy atom. The summed E-state index contributed by atoms with van der Waals surface area (Å²) < 4.78 is 0. The van der Waals surface area contributed by atoms with E-state index >= 15 is 0 Å². The van der Waals surface area contributed by atoms with Crippen molar-refractivity contribution in [3.8, 4) is 0 Å². The largest absolute Gasteiger partial charge is 0.337 e. The smallest absolute Gasteiger partial charge is 0.321 e. The van der Waals surface area contributed by atoms with Crippen molar-refractivity contribution >= 4 is 22.6 Å². The highest BCUT2D eigenvalue weighted by atomic mass is 16.2. The van der Waals surface area contributed by atoms with E-state index in [-0.39, 0.29) is 6.03 Å². The molecule has 4 rings (SSSR count). The summed E-state index contributed by atoms with van der Waals surface area (Å²) >= 11 is 0. The zero-order chi connectivity index (χ0) is 17.2. The van der Waals surface area contributed by atoms with Gasteiger partial charge in [0.05, 0.1) is 5.52 Å². The highest BCUT2D eigenvalue weighted by molar-refractivity contribution is 5.94. The summed E-state index contributed by atoms with van der Waals surface area (Å²) in [6.45, 7) is 3.50. The highest BCUT2D eigenvalue weighted by Crippen LogP contribution is 2.35. The SMILES string of the molecule is CC1CN(C(=O)NCCc2cccc3cccnc23)c2ccccc21. The van der Waals surface area contributed by atoms with Crippen molar-refractivity contribution in [2.45, 2.75) is 19.3 Å². The molecule has 2 amide bonds. The number of carbonyl (C=O) groups excluding carboxylic acids is 1. The molecule has 0 spiro atoms. The average molecular weight is 331 g/mol. The predicted octanol–water partition coefficient (Wildman–Crippen LogP) is 4.11. The van der Waals surface area contributed by atoms with Gasteiger partial charge in [0.2, 0.25) is 0 Å². The number of aromatic nitrogens is 1. The molecular formula is C21H21N3O. The summed E-state index contributed by atoms with van der Waals surface area (Å²) in [6.07, 6.45) is 2.58. The van der Waals surface area contributed by atoms with Crippen molar-refractivity contribution in [1.82, 2.24) is 10.3 Å². The van der Waals surface area contributed by atoms with E-state index in [1.54, 1.807) is 0 Å². The van der Waals surface area contributed by atoms with Gasteiger partial charge in [-0.25, -0.2) is 4.79 Å². The van der Waals surface area contributed by atoms with Crippen LogP contribution in [0.15, 0.2) is 60.8 Å². The van der Waals surface area contributed by atoms with E-state index in [1.165, 1.54) is 5.56 Å². The fraction of sp³-hybridized carbons (Fsp3) is 0.238. The first-order valence-electron chi connectivity index (χ1n) is 8.71. The molecule has 0 fully saturated rings. The molecule has 0 saturated carbocycles. The van der Waals surface area contributed by atoms with Crippen LogP contribution in [0.5, 0.6) is 0 Å². The summed E-state index contributed by atoms with van der Waals surface area (Å²) in [6, 6.07) is 18.3. The van der Waals surface area contributed by atoms with Crippen LogP contribution in [0.4, 0.5) is 10.5 Å². The standard InChI is InChI=1S/C21H21N3O/c1-15-14-24(19-10-3-2-9-18(15)19)21(25)23-13-11-17-7-4-6-16-8-5-12-22-20(16)17/h2-10,12,15H,11,13-14H2,1H3,(H,23,25). The van der Waals surface area contributed by atoms with E-state index in [0.717, 1.165) is 35.1 Å². The molecule has 2 heterocycles. The number of amides is 2. The lowest BCUT2D eigenvalue weighted by molar-refractivity contribution is 0.246. The van der Waals surface area contributed by atoms with Gasteiger partial charge in [0.15, 0.2) is 0 Å². The third-order valence-electron chi connectivity index (χ3n) is 4.85. The van der Waals surface area contributed by atoms with Crippen LogP contribution in [0.2, 0.25) is 0 Å². The van der Waals surface area contributed by atoms with E-state index in [4.69, 9.17) is 0 Å². The van der Waals surface area contributed by atoms with Crippen LogP contribution in [0.25, 0.3) is 10.9 Å². The minimum absolute atomic E-state index is 0.0232. The molecule has 1 N–H and O–H groups in total. The molecule has 1 aliphatic heterocycles. The lowest BCUT2D eigenvalue weighted by Crippen LogP contribution is -2.40. The third-order valence-corrected chi connectivity index (χ3v) is 4.85. The van der Waals surface area contributed by atoms with Crippen LogP contribution >= 0.6 is 0 Å². The molecule has 126 valence electrons. The van der Waals surface area contributed by atoms with Crippen LogP contribution in [-0.2, 0) is 6.42 Å². The number of benzene rings is 2. The lowest BCUT2D eigenvalue weighted by Gasteiger charge is -2.18. The Kier molecular flexibility index (Phi) is 4.10. The molecule has 0 radical (unpaired) electrons. The predicted molar refractivity (Wildman–Crippen MR) is 101 cm³/mol. The number of rotatable bonds is 3. The second-order valence-corrected chi connectivity index (χ2v) is 6.54. The van der Waals surface area contributed by atoms with Gasteiger partial charge in [-0.15, -0.1) is 0 Å². The van der Waals surface area contributed by atoms with Gasteiger partial charge in [0, 0.05) is 36.3 Å². The number of nitrogens with one attached hydrogen (secondary N) is 1. The Hall–Kier alpha value is -2.88. The lowest BCUT2D eigenvalue weighted by atomic mass is 10.0. The highest BCUT2D eigenvalue weighted by Gasteiger charge is 2.29. The fourth-order valence-electron chi connectivity index (χ4n) is 3.58. The van der Waals surface area contributed by atoms with Crippen molar-refractivity contribution in [3.63, 3.8) is 0 Å². The van der Waals surface area contributed by atoms with Gasteiger partial charge in [0.1, 0.15) is 0 Å². The average Bonchev–Trinajstić information content (AvgIpc) is 2.99. The van der Waals surface area contributed by atoms with Crippen LogP contribution in [-0.4, -0.2) is 24.1 Å². The minimum atomic E-state index is -0.0232. The number of nitrogens with zero attached hydrogens (tertiary/aromatic N) is 2. The van der Waals surface area contributed by atoms with Crippen molar-refractivity contribution in [1.29, 1.82) is 0 Å². The molecule has 0 bridgehead atoms. The number of fused-ring (bicyclic) bond motifs is 2. The summed E-state index contributed by atoms with van der Waals surface area (Å²) in [7, 11) is 0. The van der Waals surface area contributed by atoms with E-state index in [1.807, 2.05) is 41.4 Å². The number of hydrogen-bond acceptors (Lipinski definition) is 2. The van der Waals surface area contributed by atoms with Gasteiger partial charge < -0.3 is 5.32 Å². The molecule has 1 aromatic heterocycles. The Morgan fingerprint density at radius 1 is 1.16 bits per heavy atom. The molecule has 4 heteroatoms. The molecule has 0 saturated heterocycles. The van der Waals surface area contributed by atoms with Gasteiger partial charge in [-0.3, -0.25) is 9.88 Å². The number of para-hydroxylation sites is 2.